The summed E-state index contributed by atoms with van der Waals surface area (Å²) in [5.74, 6) is -0.933. The molecular weight excluding hydrogens is 360 g/mol. The molecule has 26 heavy (non-hydrogen) atoms. The van der Waals surface area contributed by atoms with Crippen molar-refractivity contribution >= 4 is 23.5 Å². The monoisotopic (exact) mass is 376 g/mol. The van der Waals surface area contributed by atoms with Gasteiger partial charge in [-0.05, 0) is 35.7 Å². The van der Waals surface area contributed by atoms with Gasteiger partial charge in [0.1, 0.15) is 11.3 Å². The zero-order chi connectivity index (χ0) is 19.0. The van der Waals surface area contributed by atoms with Gasteiger partial charge in [-0.2, -0.15) is 0 Å². The van der Waals surface area contributed by atoms with Gasteiger partial charge in [-0.15, -0.1) is 0 Å². The van der Waals surface area contributed by atoms with Crippen LogP contribution in [0.1, 0.15) is 28.4 Å². The molecule has 0 atom stereocenters. The van der Waals surface area contributed by atoms with Crippen molar-refractivity contribution in [3.63, 3.8) is 0 Å². The van der Waals surface area contributed by atoms with E-state index in [0.717, 1.165) is 0 Å². The Morgan fingerprint density at radius 1 is 1.31 bits per heavy atom. The van der Waals surface area contributed by atoms with E-state index in [-0.39, 0.29) is 18.0 Å². The van der Waals surface area contributed by atoms with Crippen LogP contribution in [0.25, 0.3) is 5.69 Å². The summed E-state index contributed by atoms with van der Waals surface area (Å²) in [7, 11) is 1.48. The Bertz CT molecular complexity index is 967. The first-order valence-corrected chi connectivity index (χ1v) is 8.31. The van der Waals surface area contributed by atoms with E-state index in [4.69, 9.17) is 16.3 Å². The van der Waals surface area contributed by atoms with Crippen LogP contribution in [0, 0.1) is 0 Å². The third kappa shape index (κ3) is 3.06. The van der Waals surface area contributed by atoms with Gasteiger partial charge in [0, 0.05) is 26.2 Å². The van der Waals surface area contributed by atoms with E-state index < -0.39 is 11.5 Å². The van der Waals surface area contributed by atoms with Crippen molar-refractivity contribution in [1.82, 2.24) is 9.47 Å². The average molecular weight is 377 g/mol. The van der Waals surface area contributed by atoms with Gasteiger partial charge in [-0.3, -0.25) is 14.2 Å². The van der Waals surface area contributed by atoms with Crippen molar-refractivity contribution in [2.45, 2.75) is 19.9 Å². The third-order valence-corrected chi connectivity index (χ3v) is 4.77. The van der Waals surface area contributed by atoms with Crippen LogP contribution in [-0.4, -0.2) is 40.1 Å². The average Bonchev–Trinajstić information content (AvgIpc) is 2.60. The van der Waals surface area contributed by atoms with Gasteiger partial charge in [-0.25, -0.2) is 4.79 Å². The number of pyridine rings is 1. The molecule has 7 nitrogen and oxygen atoms in total. The number of halogens is 1. The molecule has 0 bridgehead atoms. The Hall–Kier alpha value is -2.80. The number of benzene rings is 1. The Kier molecular flexibility index (Phi) is 4.73. The van der Waals surface area contributed by atoms with E-state index in [1.54, 1.807) is 23.2 Å². The quantitative estimate of drug-likeness (QED) is 0.886. The number of hydrogen-bond acceptors (Lipinski definition) is 4. The normalized spacial score (nSPS) is 13.3. The standard InChI is InChI=1S/C18H17ClN2O5/c1-10(22)20-6-5-13-11(8-20)9-21(17(23)16(13)18(24)25)12-3-4-15(26-2)14(19)7-12/h3-4,7,9H,5-6,8H2,1-2H3,(H,24,25). The summed E-state index contributed by atoms with van der Waals surface area (Å²) in [4.78, 5) is 37.8. The minimum absolute atomic E-state index is 0.0993. The molecule has 1 amide bonds. The predicted octanol–water partition coefficient (Wildman–Crippen LogP) is 2.10. The number of nitrogens with zero attached hydrogens (tertiary/aromatic N) is 2. The number of fused-ring (bicyclic) bond motifs is 1. The minimum atomic E-state index is -1.28. The van der Waals surface area contributed by atoms with Crippen LogP contribution in [0.3, 0.4) is 0 Å². The zero-order valence-electron chi connectivity index (χ0n) is 14.3. The summed E-state index contributed by atoms with van der Waals surface area (Å²) >= 11 is 6.13. The van der Waals surface area contributed by atoms with Gasteiger partial charge >= 0.3 is 5.97 Å². The summed E-state index contributed by atoms with van der Waals surface area (Å²) in [6.07, 6.45) is 1.91. The molecule has 0 unspecified atom stereocenters. The molecule has 0 saturated carbocycles. The number of hydrogen-bond donors (Lipinski definition) is 1. The van der Waals surface area contributed by atoms with Crippen molar-refractivity contribution in [1.29, 1.82) is 0 Å². The van der Waals surface area contributed by atoms with Crippen molar-refractivity contribution in [2.75, 3.05) is 13.7 Å². The van der Waals surface area contributed by atoms with E-state index in [0.29, 0.717) is 40.6 Å². The summed E-state index contributed by atoms with van der Waals surface area (Å²) in [6.45, 7) is 2.11. The lowest BCUT2D eigenvalue weighted by Gasteiger charge is -2.29. The highest BCUT2D eigenvalue weighted by Crippen LogP contribution is 2.27. The molecule has 0 aliphatic carbocycles. The fourth-order valence-electron chi connectivity index (χ4n) is 3.14. The van der Waals surface area contributed by atoms with Crippen LogP contribution in [-0.2, 0) is 17.8 Å². The molecule has 1 aliphatic heterocycles. The maximum absolute atomic E-state index is 12.8. The first kappa shape index (κ1) is 18.0. The van der Waals surface area contributed by atoms with Gasteiger partial charge in [0.05, 0.1) is 17.8 Å². The Morgan fingerprint density at radius 3 is 2.62 bits per heavy atom. The molecule has 0 fully saturated rings. The molecular formula is C18H17ClN2O5. The summed E-state index contributed by atoms with van der Waals surface area (Å²) in [6, 6.07) is 4.76. The Morgan fingerprint density at radius 2 is 2.04 bits per heavy atom. The molecule has 1 aromatic heterocycles. The molecule has 8 heteroatoms. The van der Waals surface area contributed by atoms with Crippen LogP contribution < -0.4 is 10.3 Å². The van der Waals surface area contributed by atoms with Crippen molar-refractivity contribution in [2.24, 2.45) is 0 Å². The first-order chi connectivity index (χ1) is 12.3. The van der Waals surface area contributed by atoms with E-state index in [9.17, 15) is 19.5 Å². The predicted molar refractivity (Wildman–Crippen MR) is 95.4 cm³/mol. The Labute approximate surface area is 154 Å². The lowest BCUT2D eigenvalue weighted by molar-refractivity contribution is -0.129. The first-order valence-electron chi connectivity index (χ1n) is 7.93. The van der Waals surface area contributed by atoms with Gasteiger partial charge in [0.25, 0.3) is 5.56 Å². The van der Waals surface area contributed by atoms with Gasteiger partial charge in [-0.1, -0.05) is 11.6 Å². The van der Waals surface area contributed by atoms with Crippen LogP contribution in [0.4, 0.5) is 0 Å². The van der Waals surface area contributed by atoms with Crippen molar-refractivity contribution in [3.05, 3.63) is 56.5 Å². The number of carboxylic acids is 1. The molecule has 0 saturated heterocycles. The third-order valence-electron chi connectivity index (χ3n) is 4.47. The molecule has 136 valence electrons. The van der Waals surface area contributed by atoms with Crippen molar-refractivity contribution in [3.8, 4) is 11.4 Å². The largest absolute Gasteiger partial charge is 0.495 e. The highest BCUT2D eigenvalue weighted by molar-refractivity contribution is 6.32. The maximum atomic E-state index is 12.8. The molecule has 2 aromatic rings. The number of aromatic nitrogens is 1. The van der Waals surface area contributed by atoms with Crippen LogP contribution in [0.15, 0.2) is 29.2 Å². The number of rotatable bonds is 3. The zero-order valence-corrected chi connectivity index (χ0v) is 15.0. The number of carbonyl (C=O) groups is 2. The number of amides is 1. The number of aromatic carboxylic acids is 1. The molecule has 3 rings (SSSR count). The second-order valence-corrected chi connectivity index (χ2v) is 6.40. The number of carboxylic acid groups (broad SMARTS) is 1. The SMILES string of the molecule is COc1ccc(-n2cc3c(c(C(=O)O)c2=O)CCN(C(C)=O)C3)cc1Cl. The second-order valence-electron chi connectivity index (χ2n) is 6.00. The topological polar surface area (TPSA) is 88.8 Å². The number of methoxy groups -OCH3 is 1. The number of ether oxygens (including phenoxy) is 1. The molecule has 1 aliphatic rings. The minimum Gasteiger partial charge on any atom is -0.495 e. The lowest BCUT2D eigenvalue weighted by atomic mass is 9.96. The van der Waals surface area contributed by atoms with Crippen LogP contribution in [0.5, 0.6) is 5.75 Å². The summed E-state index contributed by atoms with van der Waals surface area (Å²) in [5.41, 5.74) is 0.642. The molecule has 0 radical (unpaired) electrons. The Balaban J connectivity index is 2.21. The molecule has 1 N–H and O–H groups in total. The smallest absolute Gasteiger partial charge is 0.341 e. The molecule has 1 aromatic carbocycles. The maximum Gasteiger partial charge on any atom is 0.341 e. The summed E-state index contributed by atoms with van der Waals surface area (Å²) < 4.78 is 6.35. The van der Waals surface area contributed by atoms with E-state index in [1.165, 1.54) is 24.7 Å². The second kappa shape index (κ2) is 6.84. The van der Waals surface area contributed by atoms with Crippen LogP contribution >= 0.6 is 11.6 Å². The fraction of sp³-hybridized carbons (Fsp3) is 0.278. The number of carbonyl (C=O) groups excluding carboxylic acids is 1. The molecule has 0 spiro atoms. The van der Waals surface area contributed by atoms with Crippen molar-refractivity contribution < 1.29 is 19.4 Å². The fourth-order valence-corrected chi connectivity index (χ4v) is 3.39. The highest BCUT2D eigenvalue weighted by Gasteiger charge is 2.27. The van der Waals surface area contributed by atoms with E-state index >= 15 is 0 Å². The summed E-state index contributed by atoms with van der Waals surface area (Å²) in [5, 5.41) is 9.87. The highest BCUT2D eigenvalue weighted by atomic mass is 35.5. The molecule has 2 heterocycles. The van der Waals surface area contributed by atoms with Gasteiger partial charge < -0.3 is 14.7 Å². The van der Waals surface area contributed by atoms with Gasteiger partial charge in [0.15, 0.2) is 0 Å². The van der Waals surface area contributed by atoms with Crippen LogP contribution in [0.2, 0.25) is 5.02 Å². The van der Waals surface area contributed by atoms with Gasteiger partial charge in [0.2, 0.25) is 5.91 Å². The van der Waals surface area contributed by atoms with E-state index in [1.807, 2.05) is 0 Å². The van der Waals surface area contributed by atoms with E-state index in [2.05, 4.69) is 0 Å². The lowest BCUT2D eigenvalue weighted by Crippen LogP contribution is -2.38.